The van der Waals surface area contributed by atoms with E-state index in [9.17, 15) is 9.59 Å². The minimum Gasteiger partial charge on any atom is -0.497 e. The summed E-state index contributed by atoms with van der Waals surface area (Å²) < 4.78 is 5.23. The molecule has 3 heterocycles. The fourth-order valence-electron chi connectivity index (χ4n) is 5.56. The van der Waals surface area contributed by atoms with Gasteiger partial charge in [-0.25, -0.2) is 0 Å². The third-order valence-electron chi connectivity index (χ3n) is 7.36. The molecule has 1 aromatic heterocycles. The fraction of sp³-hybridized carbons (Fsp3) is 0.241. The largest absolute Gasteiger partial charge is 0.497 e. The zero-order chi connectivity index (χ0) is 24.8. The molecule has 0 radical (unpaired) electrons. The van der Waals surface area contributed by atoms with Gasteiger partial charge >= 0.3 is 0 Å². The second-order valence-electron chi connectivity index (χ2n) is 9.40. The third-order valence-corrected chi connectivity index (χ3v) is 7.61. The van der Waals surface area contributed by atoms with Crippen molar-refractivity contribution in [2.24, 2.45) is 0 Å². The molecule has 6 nitrogen and oxygen atoms in total. The van der Waals surface area contributed by atoms with Crippen LogP contribution in [0.25, 0.3) is 10.9 Å². The number of nitrogens with zero attached hydrogens (tertiary/aromatic N) is 2. The first-order valence-corrected chi connectivity index (χ1v) is 12.5. The van der Waals surface area contributed by atoms with E-state index in [0.717, 1.165) is 39.0 Å². The monoisotopic (exact) mass is 499 g/mol. The van der Waals surface area contributed by atoms with Gasteiger partial charge in [-0.3, -0.25) is 9.59 Å². The fourth-order valence-corrected chi connectivity index (χ4v) is 5.69. The molecule has 4 aromatic rings. The molecule has 1 fully saturated rings. The lowest BCUT2D eigenvalue weighted by Crippen LogP contribution is -2.63. The molecule has 0 spiro atoms. The van der Waals surface area contributed by atoms with Crippen LogP contribution in [0.3, 0.4) is 0 Å². The van der Waals surface area contributed by atoms with Crippen LogP contribution in [0.5, 0.6) is 5.75 Å². The number of aromatic nitrogens is 1. The van der Waals surface area contributed by atoms with Crippen LogP contribution in [-0.2, 0) is 22.4 Å². The molecule has 6 rings (SSSR count). The zero-order valence-electron chi connectivity index (χ0n) is 19.9. The number of methoxy groups -OCH3 is 1. The van der Waals surface area contributed by atoms with Crippen molar-refractivity contribution < 1.29 is 14.3 Å². The second-order valence-corrected chi connectivity index (χ2v) is 9.83. The normalized spacial score (nSPS) is 19.4. The molecule has 182 valence electrons. The van der Waals surface area contributed by atoms with Crippen molar-refractivity contribution in [3.05, 3.63) is 100 Å². The minimum absolute atomic E-state index is 0.00185. The maximum absolute atomic E-state index is 13.8. The Morgan fingerprint density at radius 3 is 2.50 bits per heavy atom. The maximum atomic E-state index is 13.8. The quantitative estimate of drug-likeness (QED) is 0.430. The Balaban J connectivity index is 1.35. The van der Waals surface area contributed by atoms with Gasteiger partial charge in [0.15, 0.2) is 0 Å². The van der Waals surface area contributed by atoms with Crippen LogP contribution in [0.15, 0.2) is 72.8 Å². The van der Waals surface area contributed by atoms with Gasteiger partial charge in [0.1, 0.15) is 11.8 Å². The van der Waals surface area contributed by atoms with E-state index in [-0.39, 0.29) is 24.4 Å². The minimum atomic E-state index is -0.547. The number of carbonyl (C=O) groups excluding carboxylic acids is 2. The first-order chi connectivity index (χ1) is 17.5. The first-order valence-electron chi connectivity index (χ1n) is 12.1. The SMILES string of the molecule is COc1ccc(CCN2CC(=O)N3[C@@H](c4ccc(Cl)cc4)c4[nH]c5ccccc5c4C[C@@H]3C2=O)cc1. The molecule has 0 unspecified atom stereocenters. The molecule has 2 aliphatic rings. The van der Waals surface area contributed by atoms with Gasteiger partial charge in [0.05, 0.1) is 19.7 Å². The molecule has 0 saturated carbocycles. The van der Waals surface area contributed by atoms with E-state index in [1.54, 1.807) is 16.9 Å². The summed E-state index contributed by atoms with van der Waals surface area (Å²) in [6, 6.07) is 22.6. The molecule has 0 aliphatic carbocycles. The molecule has 36 heavy (non-hydrogen) atoms. The average Bonchev–Trinajstić information content (AvgIpc) is 3.28. The van der Waals surface area contributed by atoms with Crippen LogP contribution in [0.1, 0.15) is 28.4 Å². The molecule has 1 saturated heterocycles. The predicted octanol–water partition coefficient (Wildman–Crippen LogP) is 4.76. The second kappa shape index (κ2) is 9.03. The Bertz CT molecular complexity index is 1450. The third kappa shape index (κ3) is 3.82. The lowest BCUT2D eigenvalue weighted by Gasteiger charge is -2.47. The number of carbonyl (C=O) groups is 2. The van der Waals surface area contributed by atoms with E-state index < -0.39 is 6.04 Å². The highest BCUT2D eigenvalue weighted by Crippen LogP contribution is 2.42. The van der Waals surface area contributed by atoms with Crippen LogP contribution >= 0.6 is 11.6 Å². The van der Waals surface area contributed by atoms with Gasteiger partial charge in [-0.1, -0.05) is 54.1 Å². The molecular weight excluding hydrogens is 474 g/mol. The Hall–Kier alpha value is -3.77. The van der Waals surface area contributed by atoms with E-state index >= 15 is 0 Å². The van der Waals surface area contributed by atoms with Gasteiger partial charge in [0.2, 0.25) is 11.8 Å². The number of para-hydroxylation sites is 1. The zero-order valence-corrected chi connectivity index (χ0v) is 20.7. The van der Waals surface area contributed by atoms with Crippen molar-refractivity contribution in [3.8, 4) is 5.75 Å². The van der Waals surface area contributed by atoms with Gasteiger partial charge in [-0.2, -0.15) is 0 Å². The number of hydrogen-bond acceptors (Lipinski definition) is 3. The van der Waals surface area contributed by atoms with Crippen LogP contribution in [0.4, 0.5) is 0 Å². The standard InChI is InChI=1S/C29H26ClN3O3/c1-36-21-12-6-18(7-13-21)14-15-32-17-26(34)33-25(29(32)35)16-23-22-4-2-3-5-24(22)31-27(23)28(33)19-8-10-20(30)11-9-19/h2-13,25,28,31H,14-17H2,1H3/t25-,28+/m1/s1. The average molecular weight is 500 g/mol. The molecule has 2 atom stereocenters. The number of rotatable bonds is 5. The Morgan fingerprint density at radius 2 is 1.75 bits per heavy atom. The number of aromatic amines is 1. The van der Waals surface area contributed by atoms with Gasteiger partial charge in [0.25, 0.3) is 0 Å². The number of hydrogen-bond donors (Lipinski definition) is 1. The summed E-state index contributed by atoms with van der Waals surface area (Å²) in [6.45, 7) is 0.568. The smallest absolute Gasteiger partial charge is 0.246 e. The van der Waals surface area contributed by atoms with E-state index in [0.29, 0.717) is 24.4 Å². The summed E-state index contributed by atoms with van der Waals surface area (Å²) in [5.41, 5.74) is 5.12. The summed E-state index contributed by atoms with van der Waals surface area (Å²) in [5, 5.41) is 1.73. The van der Waals surface area contributed by atoms with Crippen molar-refractivity contribution in [3.63, 3.8) is 0 Å². The van der Waals surface area contributed by atoms with Gasteiger partial charge in [-0.15, -0.1) is 0 Å². The van der Waals surface area contributed by atoms with Gasteiger partial charge < -0.3 is 19.5 Å². The molecule has 1 N–H and O–H groups in total. The van der Waals surface area contributed by atoms with E-state index in [2.05, 4.69) is 11.1 Å². The Labute approximate surface area is 214 Å². The van der Waals surface area contributed by atoms with Crippen molar-refractivity contribution >= 4 is 34.3 Å². The van der Waals surface area contributed by atoms with E-state index in [1.165, 1.54) is 0 Å². The molecule has 2 amide bonds. The van der Waals surface area contributed by atoms with Crippen LogP contribution < -0.4 is 4.74 Å². The van der Waals surface area contributed by atoms with E-state index in [1.807, 2.05) is 66.7 Å². The molecular formula is C29H26ClN3O3. The molecule has 7 heteroatoms. The van der Waals surface area contributed by atoms with Crippen LogP contribution in [-0.4, -0.2) is 52.8 Å². The lowest BCUT2D eigenvalue weighted by atomic mass is 9.86. The summed E-state index contributed by atoms with van der Waals surface area (Å²) in [7, 11) is 1.64. The highest BCUT2D eigenvalue weighted by molar-refractivity contribution is 6.30. The number of nitrogens with one attached hydrogen (secondary N) is 1. The summed E-state index contributed by atoms with van der Waals surface area (Å²) in [5.74, 6) is 0.750. The number of H-pyrrole nitrogens is 1. The lowest BCUT2D eigenvalue weighted by molar-refractivity contribution is -0.158. The van der Waals surface area contributed by atoms with Crippen molar-refractivity contribution in [2.75, 3.05) is 20.2 Å². The maximum Gasteiger partial charge on any atom is 0.246 e. The van der Waals surface area contributed by atoms with Gasteiger partial charge in [0, 0.05) is 34.6 Å². The van der Waals surface area contributed by atoms with Crippen LogP contribution in [0.2, 0.25) is 5.02 Å². The number of benzene rings is 3. The number of piperazine rings is 1. The molecule has 0 bridgehead atoms. The number of halogens is 1. The Morgan fingerprint density at radius 1 is 1.00 bits per heavy atom. The van der Waals surface area contributed by atoms with Crippen molar-refractivity contribution in [2.45, 2.75) is 24.9 Å². The summed E-state index contributed by atoms with van der Waals surface area (Å²) in [4.78, 5) is 34.5. The van der Waals surface area contributed by atoms with Crippen molar-refractivity contribution in [1.29, 1.82) is 0 Å². The highest BCUT2D eigenvalue weighted by Gasteiger charge is 2.48. The first kappa shape index (κ1) is 22.7. The number of fused-ring (bicyclic) bond motifs is 4. The summed E-state index contributed by atoms with van der Waals surface area (Å²) >= 11 is 6.17. The predicted molar refractivity (Wildman–Crippen MR) is 139 cm³/mol. The van der Waals surface area contributed by atoms with E-state index in [4.69, 9.17) is 16.3 Å². The highest BCUT2D eigenvalue weighted by atomic mass is 35.5. The molecule has 3 aromatic carbocycles. The number of ether oxygens (including phenoxy) is 1. The molecule has 2 aliphatic heterocycles. The van der Waals surface area contributed by atoms with Crippen LogP contribution in [0, 0.1) is 0 Å². The topological polar surface area (TPSA) is 65.6 Å². The van der Waals surface area contributed by atoms with Gasteiger partial charge in [-0.05, 0) is 53.4 Å². The number of amides is 2. The summed E-state index contributed by atoms with van der Waals surface area (Å²) in [6.07, 6.45) is 1.17. The Kier molecular flexibility index (Phi) is 5.69. The van der Waals surface area contributed by atoms with Crippen molar-refractivity contribution in [1.82, 2.24) is 14.8 Å².